The maximum Gasteiger partial charge on any atom is 0.0807 e. The van der Waals surface area contributed by atoms with Crippen LogP contribution >= 0.6 is 0 Å². The van der Waals surface area contributed by atoms with E-state index in [9.17, 15) is 5.11 Å². The molecule has 1 aromatic rings. The molecule has 3 saturated carbocycles. The maximum absolute atomic E-state index is 11.0. The molecule has 3 aliphatic carbocycles. The van der Waals surface area contributed by atoms with Crippen molar-refractivity contribution < 1.29 is 5.11 Å². The van der Waals surface area contributed by atoms with E-state index >= 15 is 0 Å². The number of aliphatic hydroxyl groups is 1. The van der Waals surface area contributed by atoms with Crippen LogP contribution in [-0.2, 0) is 5.41 Å². The quantitative estimate of drug-likeness (QED) is 0.802. The van der Waals surface area contributed by atoms with E-state index in [0.29, 0.717) is 11.8 Å². The fourth-order valence-electron chi connectivity index (χ4n) is 4.43. The van der Waals surface area contributed by atoms with Crippen LogP contribution in [0.5, 0.6) is 0 Å². The zero-order valence-electron chi connectivity index (χ0n) is 9.52. The first-order valence-electron chi connectivity index (χ1n) is 6.57. The van der Waals surface area contributed by atoms with Gasteiger partial charge in [0.15, 0.2) is 0 Å². The second-order valence-corrected chi connectivity index (χ2v) is 5.92. The summed E-state index contributed by atoms with van der Waals surface area (Å²) in [4.78, 5) is 0. The molecule has 2 unspecified atom stereocenters. The number of rotatable bonds is 2. The van der Waals surface area contributed by atoms with E-state index in [1.165, 1.54) is 37.7 Å². The van der Waals surface area contributed by atoms with Crippen molar-refractivity contribution in [2.24, 2.45) is 11.8 Å². The molecule has 4 rings (SSSR count). The highest BCUT2D eigenvalue weighted by Crippen LogP contribution is 2.74. The Labute approximate surface area is 96.5 Å². The normalized spacial score (nSPS) is 42.8. The molecule has 0 aromatic heterocycles. The Bertz CT molecular complexity index is 408. The number of fused-ring (bicyclic) bond motifs is 1. The van der Waals surface area contributed by atoms with Gasteiger partial charge >= 0.3 is 0 Å². The summed E-state index contributed by atoms with van der Waals surface area (Å²) in [6.07, 6.45) is 6.25. The van der Waals surface area contributed by atoms with E-state index in [1.807, 2.05) is 0 Å². The summed E-state index contributed by atoms with van der Waals surface area (Å²) >= 11 is 0. The Morgan fingerprint density at radius 3 is 2.19 bits per heavy atom. The zero-order valence-corrected chi connectivity index (χ0v) is 9.52. The fraction of sp³-hybridized carbons (Fsp3) is 0.600. The third-order valence-corrected chi connectivity index (χ3v) is 5.38. The molecule has 1 nitrogen and oxygen atoms in total. The van der Waals surface area contributed by atoms with Gasteiger partial charge in [-0.25, -0.2) is 0 Å². The Morgan fingerprint density at radius 1 is 1.00 bits per heavy atom. The second-order valence-electron chi connectivity index (χ2n) is 5.92. The molecule has 0 saturated heterocycles. The molecule has 16 heavy (non-hydrogen) atoms. The Morgan fingerprint density at radius 2 is 1.62 bits per heavy atom. The van der Waals surface area contributed by atoms with Gasteiger partial charge in [-0.2, -0.15) is 0 Å². The number of hydrogen-bond donors (Lipinski definition) is 1. The lowest BCUT2D eigenvalue weighted by Gasteiger charge is -2.26. The molecule has 3 aliphatic rings. The van der Waals surface area contributed by atoms with E-state index in [2.05, 4.69) is 30.3 Å². The summed E-state index contributed by atoms with van der Waals surface area (Å²) in [5.74, 6) is 1.24. The fourth-order valence-corrected chi connectivity index (χ4v) is 4.43. The van der Waals surface area contributed by atoms with Gasteiger partial charge in [-0.1, -0.05) is 36.8 Å². The largest absolute Gasteiger partial charge is 0.388 e. The average Bonchev–Trinajstić information content (AvgIpc) is 3.17. The Hall–Kier alpha value is -0.820. The van der Waals surface area contributed by atoms with E-state index < -0.39 is 0 Å². The van der Waals surface area contributed by atoms with Gasteiger partial charge in [0.25, 0.3) is 0 Å². The van der Waals surface area contributed by atoms with Gasteiger partial charge in [0, 0.05) is 5.41 Å². The van der Waals surface area contributed by atoms with Gasteiger partial charge in [0.2, 0.25) is 0 Å². The van der Waals surface area contributed by atoms with Crippen molar-refractivity contribution >= 4 is 0 Å². The molecule has 84 valence electrons. The van der Waals surface area contributed by atoms with Crippen molar-refractivity contribution in [1.29, 1.82) is 0 Å². The van der Waals surface area contributed by atoms with Crippen molar-refractivity contribution in [3.05, 3.63) is 35.9 Å². The lowest BCUT2D eigenvalue weighted by Crippen LogP contribution is -2.33. The van der Waals surface area contributed by atoms with Crippen LogP contribution < -0.4 is 0 Å². The van der Waals surface area contributed by atoms with Crippen LogP contribution in [0.3, 0.4) is 0 Å². The minimum absolute atomic E-state index is 0.143. The first-order valence-corrected chi connectivity index (χ1v) is 6.57. The molecule has 3 fully saturated rings. The first-order chi connectivity index (χ1) is 7.79. The summed E-state index contributed by atoms with van der Waals surface area (Å²) in [6.45, 7) is 0. The van der Waals surface area contributed by atoms with Crippen molar-refractivity contribution in [1.82, 2.24) is 0 Å². The van der Waals surface area contributed by atoms with E-state index in [4.69, 9.17) is 0 Å². The summed E-state index contributed by atoms with van der Waals surface area (Å²) in [5, 5.41) is 11.0. The molecule has 0 spiro atoms. The van der Waals surface area contributed by atoms with Gasteiger partial charge in [0.05, 0.1) is 5.60 Å². The topological polar surface area (TPSA) is 20.2 Å². The third-order valence-electron chi connectivity index (χ3n) is 5.38. The van der Waals surface area contributed by atoms with Crippen LogP contribution in [0.2, 0.25) is 0 Å². The van der Waals surface area contributed by atoms with E-state index in [-0.39, 0.29) is 11.0 Å². The number of benzene rings is 1. The molecule has 0 radical (unpaired) electrons. The van der Waals surface area contributed by atoms with Crippen molar-refractivity contribution in [2.75, 3.05) is 0 Å². The summed E-state index contributed by atoms with van der Waals surface area (Å²) < 4.78 is 0. The van der Waals surface area contributed by atoms with Gasteiger partial charge in [-0.05, 0) is 43.1 Å². The summed E-state index contributed by atoms with van der Waals surface area (Å²) in [7, 11) is 0. The minimum Gasteiger partial charge on any atom is -0.388 e. The highest BCUT2D eigenvalue weighted by molar-refractivity contribution is 5.42. The molecule has 0 amide bonds. The van der Waals surface area contributed by atoms with E-state index in [0.717, 1.165) is 0 Å². The molecule has 1 heteroatoms. The monoisotopic (exact) mass is 214 g/mol. The van der Waals surface area contributed by atoms with E-state index in [1.54, 1.807) is 0 Å². The van der Waals surface area contributed by atoms with Crippen LogP contribution in [0, 0.1) is 11.8 Å². The maximum atomic E-state index is 11.0. The Balaban J connectivity index is 1.74. The molecule has 1 N–H and O–H groups in total. The Kier molecular flexibility index (Phi) is 1.56. The molecular formula is C15H18O. The van der Waals surface area contributed by atoms with Crippen molar-refractivity contribution in [3.8, 4) is 0 Å². The van der Waals surface area contributed by atoms with Crippen LogP contribution in [0.1, 0.15) is 37.7 Å². The minimum atomic E-state index is -0.327. The molecular weight excluding hydrogens is 196 g/mol. The second kappa shape index (κ2) is 2.70. The first kappa shape index (κ1) is 9.23. The van der Waals surface area contributed by atoms with Gasteiger partial charge < -0.3 is 5.11 Å². The molecule has 0 bridgehead atoms. The summed E-state index contributed by atoms with van der Waals surface area (Å²) in [5.41, 5.74) is 1.20. The van der Waals surface area contributed by atoms with Crippen LogP contribution in [-0.4, -0.2) is 10.7 Å². The lowest BCUT2D eigenvalue weighted by molar-refractivity contribution is 0.0645. The molecule has 1 aromatic carbocycles. The smallest absolute Gasteiger partial charge is 0.0807 e. The lowest BCUT2D eigenvalue weighted by atomic mass is 9.83. The average molecular weight is 214 g/mol. The van der Waals surface area contributed by atoms with Crippen LogP contribution in [0.15, 0.2) is 30.3 Å². The van der Waals surface area contributed by atoms with Gasteiger partial charge in [-0.3, -0.25) is 0 Å². The standard InChI is InChI=1S/C15H18O/c16-15(12-7-4-8-13(12)15)14(9-10-14)11-5-2-1-3-6-11/h1-3,5-6,12-13,16H,4,7-10H2. The SMILES string of the molecule is OC1(C2(c3ccccc3)CC2)C2CCCC21. The van der Waals surface area contributed by atoms with Gasteiger partial charge in [-0.15, -0.1) is 0 Å². The predicted molar refractivity (Wildman–Crippen MR) is 63.1 cm³/mol. The van der Waals surface area contributed by atoms with Crippen molar-refractivity contribution in [3.63, 3.8) is 0 Å². The van der Waals surface area contributed by atoms with Crippen LogP contribution in [0.4, 0.5) is 0 Å². The zero-order chi connectivity index (χ0) is 10.8. The highest BCUT2D eigenvalue weighted by atomic mass is 16.3. The van der Waals surface area contributed by atoms with Crippen molar-refractivity contribution in [2.45, 2.75) is 43.1 Å². The highest BCUT2D eigenvalue weighted by Gasteiger charge is 2.78. The number of hydrogen-bond acceptors (Lipinski definition) is 1. The summed E-state index contributed by atoms with van der Waals surface area (Å²) in [6, 6.07) is 10.7. The third kappa shape index (κ3) is 0.878. The van der Waals surface area contributed by atoms with Crippen LogP contribution in [0.25, 0.3) is 0 Å². The molecule has 0 heterocycles. The van der Waals surface area contributed by atoms with Gasteiger partial charge in [0.1, 0.15) is 0 Å². The molecule has 0 aliphatic heterocycles. The molecule has 2 atom stereocenters. The predicted octanol–water partition coefficient (Wildman–Crippen LogP) is 2.88.